The molecule has 0 atom stereocenters. The summed E-state index contributed by atoms with van der Waals surface area (Å²) in [6, 6.07) is 7.47. The van der Waals surface area contributed by atoms with Crippen LogP contribution in [0.25, 0.3) is 0 Å². The maximum absolute atomic E-state index is 12.5. The van der Waals surface area contributed by atoms with Crippen LogP contribution in [0.5, 0.6) is 5.75 Å². The van der Waals surface area contributed by atoms with Crippen LogP contribution in [0.3, 0.4) is 0 Å². The molecule has 1 aromatic carbocycles. The van der Waals surface area contributed by atoms with E-state index in [9.17, 15) is 4.79 Å². The van der Waals surface area contributed by atoms with Crippen LogP contribution in [-0.4, -0.2) is 41.0 Å². The van der Waals surface area contributed by atoms with Crippen molar-refractivity contribution in [2.45, 2.75) is 18.9 Å². The van der Waals surface area contributed by atoms with Crippen LogP contribution < -0.4 is 10.1 Å². The lowest BCUT2D eigenvalue weighted by Gasteiger charge is -2.22. The summed E-state index contributed by atoms with van der Waals surface area (Å²) in [5.41, 5.74) is 0.871. The van der Waals surface area contributed by atoms with Crippen molar-refractivity contribution < 1.29 is 9.53 Å². The van der Waals surface area contributed by atoms with E-state index in [1.165, 1.54) is 0 Å². The molecule has 0 amide bonds. The number of nitrogens with zero attached hydrogens (tertiary/aromatic N) is 3. The van der Waals surface area contributed by atoms with Crippen molar-refractivity contribution in [2.24, 2.45) is 0 Å². The molecule has 2 aromatic rings. The lowest BCUT2D eigenvalue weighted by molar-refractivity contribution is 0.103. The number of carbonyl (C=O) groups excluding carboxylic acids is 1. The normalized spacial score (nSPS) is 15.9. The molecule has 6 nitrogen and oxygen atoms in total. The second kappa shape index (κ2) is 6.05. The molecule has 0 unspecified atom stereocenters. The Bertz CT molecular complexity index is 632. The van der Waals surface area contributed by atoms with Crippen LogP contribution in [0.1, 0.15) is 34.9 Å². The molecule has 21 heavy (non-hydrogen) atoms. The van der Waals surface area contributed by atoms with Gasteiger partial charge in [0, 0.05) is 0 Å². The summed E-state index contributed by atoms with van der Waals surface area (Å²) in [6.45, 7) is 1.95. The number of hydrogen-bond donors (Lipinski definition) is 1. The number of methoxy groups -OCH3 is 1. The SMILES string of the molecule is COc1ccccc1C(=O)c1cn(C2CCNCC2)nn1. The van der Waals surface area contributed by atoms with Crippen LogP contribution in [0.15, 0.2) is 30.5 Å². The van der Waals surface area contributed by atoms with Gasteiger partial charge in [-0.2, -0.15) is 0 Å². The lowest BCUT2D eigenvalue weighted by atomic mass is 10.1. The summed E-state index contributed by atoms with van der Waals surface area (Å²) in [7, 11) is 1.55. The van der Waals surface area contributed by atoms with Gasteiger partial charge in [0.2, 0.25) is 5.78 Å². The van der Waals surface area contributed by atoms with E-state index in [4.69, 9.17) is 4.74 Å². The number of hydrogen-bond acceptors (Lipinski definition) is 5. The third-order valence-electron chi connectivity index (χ3n) is 3.78. The van der Waals surface area contributed by atoms with E-state index >= 15 is 0 Å². The first-order valence-electron chi connectivity index (χ1n) is 7.10. The van der Waals surface area contributed by atoms with Gasteiger partial charge in [-0.15, -0.1) is 5.10 Å². The average Bonchev–Trinajstić information content (AvgIpc) is 3.05. The smallest absolute Gasteiger partial charge is 0.218 e. The highest BCUT2D eigenvalue weighted by Crippen LogP contribution is 2.22. The Balaban J connectivity index is 1.83. The van der Waals surface area contributed by atoms with Gasteiger partial charge < -0.3 is 10.1 Å². The zero-order valence-corrected chi connectivity index (χ0v) is 12.0. The first-order chi connectivity index (χ1) is 10.3. The summed E-state index contributed by atoms with van der Waals surface area (Å²) in [5, 5.41) is 11.5. The highest BCUT2D eigenvalue weighted by atomic mass is 16.5. The molecule has 1 fully saturated rings. The molecule has 1 aromatic heterocycles. The summed E-state index contributed by atoms with van der Waals surface area (Å²) in [4.78, 5) is 12.5. The van der Waals surface area contributed by atoms with E-state index < -0.39 is 0 Å². The molecule has 0 spiro atoms. The van der Waals surface area contributed by atoms with Gasteiger partial charge in [-0.05, 0) is 38.1 Å². The zero-order valence-electron chi connectivity index (χ0n) is 12.0. The maximum Gasteiger partial charge on any atom is 0.218 e. The first kappa shape index (κ1) is 13.8. The first-order valence-corrected chi connectivity index (χ1v) is 7.10. The molecule has 110 valence electrons. The highest BCUT2D eigenvalue weighted by Gasteiger charge is 2.21. The standard InChI is InChI=1S/C15H18N4O2/c1-21-14-5-3-2-4-12(14)15(20)13-10-19(18-17-13)11-6-8-16-9-7-11/h2-5,10-11,16H,6-9H2,1H3. The van der Waals surface area contributed by atoms with Crippen molar-refractivity contribution in [3.63, 3.8) is 0 Å². The predicted octanol–water partition coefficient (Wildman–Crippen LogP) is 1.44. The second-order valence-corrected chi connectivity index (χ2v) is 5.09. The zero-order chi connectivity index (χ0) is 14.7. The molecule has 1 aliphatic heterocycles. The number of nitrogens with one attached hydrogen (secondary N) is 1. The Morgan fingerprint density at radius 1 is 1.33 bits per heavy atom. The quantitative estimate of drug-likeness (QED) is 0.861. The third-order valence-corrected chi connectivity index (χ3v) is 3.78. The Hall–Kier alpha value is -2.21. The minimum atomic E-state index is -0.160. The van der Waals surface area contributed by atoms with Crippen molar-refractivity contribution in [3.05, 3.63) is 41.7 Å². The van der Waals surface area contributed by atoms with Crippen LogP contribution in [-0.2, 0) is 0 Å². The van der Waals surface area contributed by atoms with Crippen molar-refractivity contribution in [1.82, 2.24) is 20.3 Å². The number of para-hydroxylation sites is 1. The Morgan fingerprint density at radius 3 is 2.86 bits per heavy atom. The summed E-state index contributed by atoms with van der Waals surface area (Å²) < 4.78 is 7.04. The minimum Gasteiger partial charge on any atom is -0.496 e. The topological polar surface area (TPSA) is 69.0 Å². The summed E-state index contributed by atoms with van der Waals surface area (Å²) in [6.07, 6.45) is 3.75. The Morgan fingerprint density at radius 2 is 2.10 bits per heavy atom. The van der Waals surface area contributed by atoms with E-state index in [1.54, 1.807) is 25.4 Å². The molecule has 3 rings (SSSR count). The minimum absolute atomic E-state index is 0.160. The van der Waals surface area contributed by atoms with Crippen LogP contribution in [0.2, 0.25) is 0 Å². The number of carbonyl (C=O) groups is 1. The van der Waals surface area contributed by atoms with Crippen molar-refractivity contribution in [2.75, 3.05) is 20.2 Å². The van der Waals surface area contributed by atoms with Crippen LogP contribution in [0, 0.1) is 0 Å². The molecule has 2 heterocycles. The number of piperidine rings is 1. The molecule has 0 radical (unpaired) electrons. The molecule has 1 aliphatic rings. The van der Waals surface area contributed by atoms with E-state index in [2.05, 4.69) is 15.6 Å². The third kappa shape index (κ3) is 2.80. The molecule has 1 saturated heterocycles. The van der Waals surface area contributed by atoms with Gasteiger partial charge in [-0.1, -0.05) is 17.3 Å². The number of benzene rings is 1. The second-order valence-electron chi connectivity index (χ2n) is 5.09. The van der Waals surface area contributed by atoms with E-state index in [1.807, 2.05) is 16.8 Å². The molecule has 0 bridgehead atoms. The van der Waals surface area contributed by atoms with Crippen molar-refractivity contribution in [3.8, 4) is 5.75 Å². The average molecular weight is 286 g/mol. The Kier molecular flexibility index (Phi) is 3.96. The molecule has 6 heteroatoms. The number of ketones is 1. The molecule has 0 aliphatic carbocycles. The van der Waals surface area contributed by atoms with Gasteiger partial charge in [0.05, 0.1) is 24.9 Å². The fourth-order valence-corrected chi connectivity index (χ4v) is 2.60. The van der Waals surface area contributed by atoms with Crippen LogP contribution >= 0.6 is 0 Å². The van der Waals surface area contributed by atoms with Gasteiger partial charge in [-0.25, -0.2) is 4.68 Å². The van der Waals surface area contributed by atoms with E-state index in [0.717, 1.165) is 25.9 Å². The number of aromatic nitrogens is 3. The van der Waals surface area contributed by atoms with Gasteiger partial charge in [0.25, 0.3) is 0 Å². The maximum atomic E-state index is 12.5. The molecule has 0 saturated carbocycles. The monoisotopic (exact) mass is 286 g/mol. The van der Waals surface area contributed by atoms with E-state index in [-0.39, 0.29) is 5.78 Å². The van der Waals surface area contributed by atoms with Crippen molar-refractivity contribution in [1.29, 1.82) is 0 Å². The molecular weight excluding hydrogens is 268 g/mol. The molecule has 1 N–H and O–H groups in total. The van der Waals surface area contributed by atoms with E-state index in [0.29, 0.717) is 23.0 Å². The lowest BCUT2D eigenvalue weighted by Crippen LogP contribution is -2.29. The van der Waals surface area contributed by atoms with Crippen LogP contribution in [0.4, 0.5) is 0 Å². The highest BCUT2D eigenvalue weighted by molar-refractivity contribution is 6.09. The van der Waals surface area contributed by atoms with Gasteiger partial charge in [-0.3, -0.25) is 4.79 Å². The van der Waals surface area contributed by atoms with Gasteiger partial charge in [0.15, 0.2) is 5.69 Å². The molecular formula is C15H18N4O2. The summed E-state index contributed by atoms with van der Waals surface area (Å²) in [5.74, 6) is 0.395. The summed E-state index contributed by atoms with van der Waals surface area (Å²) >= 11 is 0. The van der Waals surface area contributed by atoms with Crippen molar-refractivity contribution >= 4 is 5.78 Å². The fourth-order valence-electron chi connectivity index (χ4n) is 2.60. The van der Waals surface area contributed by atoms with Gasteiger partial charge in [0.1, 0.15) is 5.75 Å². The largest absolute Gasteiger partial charge is 0.496 e. The fraction of sp³-hybridized carbons (Fsp3) is 0.400. The predicted molar refractivity (Wildman–Crippen MR) is 77.6 cm³/mol. The van der Waals surface area contributed by atoms with Gasteiger partial charge >= 0.3 is 0 Å². The Labute approximate surface area is 123 Å². The number of rotatable bonds is 4. The number of ether oxygens (including phenoxy) is 1.